The van der Waals surface area contributed by atoms with E-state index in [4.69, 9.17) is 21.2 Å². The van der Waals surface area contributed by atoms with Crippen LogP contribution < -0.4 is 5.49 Å². The first kappa shape index (κ1) is 21.7. The van der Waals surface area contributed by atoms with Crippen LogP contribution in [0.2, 0.25) is 5.02 Å². The second-order valence-corrected chi connectivity index (χ2v) is 8.03. The van der Waals surface area contributed by atoms with E-state index in [9.17, 15) is 15.3 Å². The highest BCUT2D eigenvalue weighted by atomic mass is 35.5. The lowest BCUT2D eigenvalue weighted by atomic mass is 9.86. The van der Waals surface area contributed by atoms with Crippen LogP contribution in [0.3, 0.4) is 0 Å². The van der Waals surface area contributed by atoms with E-state index < -0.39 is 30.1 Å². The van der Waals surface area contributed by atoms with Crippen LogP contribution in [-0.4, -0.2) is 59.8 Å². The third kappa shape index (κ3) is 3.70. The average molecular weight is 450 g/mol. The number of nitrogens with one attached hydrogen (secondary N) is 1. The highest BCUT2D eigenvalue weighted by Gasteiger charge is 2.52. The van der Waals surface area contributed by atoms with Gasteiger partial charge in [-0.2, -0.15) is 0 Å². The molecular formula is C20H24ClN5O5. The van der Waals surface area contributed by atoms with Gasteiger partial charge < -0.3 is 29.9 Å². The Morgan fingerprint density at radius 3 is 2.81 bits per heavy atom. The molecule has 4 rings (SSSR count). The van der Waals surface area contributed by atoms with Gasteiger partial charge in [0.15, 0.2) is 17.4 Å². The molecule has 0 spiro atoms. The van der Waals surface area contributed by atoms with Crippen LogP contribution in [-0.2, 0) is 15.2 Å². The summed E-state index contributed by atoms with van der Waals surface area (Å²) in [4.78, 5) is 16.5. The third-order valence-corrected chi connectivity index (χ3v) is 5.90. The van der Waals surface area contributed by atoms with Gasteiger partial charge in [-0.05, 0) is 38.0 Å². The lowest BCUT2D eigenvalue weighted by Crippen LogP contribution is -2.45. The monoisotopic (exact) mass is 449 g/mol. The number of H-pyrrole nitrogens is 1. The minimum absolute atomic E-state index is 0.360. The van der Waals surface area contributed by atoms with Crippen molar-refractivity contribution in [3.63, 3.8) is 0 Å². The molecule has 1 fully saturated rings. The third-order valence-electron chi connectivity index (χ3n) is 5.47. The van der Waals surface area contributed by atoms with Crippen molar-refractivity contribution in [1.29, 1.82) is 0 Å². The molecule has 5 atom stereocenters. The molecule has 0 aliphatic carbocycles. The molecule has 166 valence electrons. The van der Waals surface area contributed by atoms with Crippen molar-refractivity contribution in [1.82, 2.24) is 19.5 Å². The SMILES string of the molecule is CCO/N=c1\[nH]cnc2c1ncn2[C@@H]1O[C@H]([C@](C)(O)c2ccc(Cl)c(C)c2)[C@@H](O)[C@H]1O. The molecule has 4 N–H and O–H groups in total. The quantitative estimate of drug-likeness (QED) is 0.428. The number of aromatic nitrogens is 4. The van der Waals surface area contributed by atoms with Crippen LogP contribution >= 0.6 is 11.6 Å². The zero-order chi connectivity index (χ0) is 22.3. The predicted molar refractivity (Wildman–Crippen MR) is 111 cm³/mol. The Labute approximate surface area is 182 Å². The molecule has 1 saturated heterocycles. The van der Waals surface area contributed by atoms with Gasteiger partial charge in [0.25, 0.3) is 0 Å². The van der Waals surface area contributed by atoms with Gasteiger partial charge in [-0.15, -0.1) is 0 Å². The fourth-order valence-electron chi connectivity index (χ4n) is 3.74. The first-order chi connectivity index (χ1) is 14.8. The number of aliphatic hydroxyl groups excluding tert-OH is 2. The van der Waals surface area contributed by atoms with Gasteiger partial charge in [0.05, 0.1) is 12.7 Å². The molecule has 1 aliphatic rings. The van der Waals surface area contributed by atoms with Crippen molar-refractivity contribution in [2.75, 3.05) is 6.61 Å². The molecule has 1 aliphatic heterocycles. The Kier molecular flexibility index (Phi) is 5.75. The molecule has 0 bridgehead atoms. The molecule has 2 aromatic heterocycles. The van der Waals surface area contributed by atoms with Crippen molar-refractivity contribution in [3.05, 3.63) is 52.5 Å². The summed E-state index contributed by atoms with van der Waals surface area (Å²) in [6.45, 7) is 5.53. The normalized spacial score (nSPS) is 26.4. The fraction of sp³-hybridized carbons (Fsp3) is 0.450. The van der Waals surface area contributed by atoms with Crippen molar-refractivity contribution < 1.29 is 24.9 Å². The largest absolute Gasteiger partial charge is 0.394 e. The Hall–Kier alpha value is -2.50. The van der Waals surface area contributed by atoms with Crippen molar-refractivity contribution in [2.45, 2.75) is 50.9 Å². The molecule has 1 aromatic carbocycles. The molecule has 0 saturated carbocycles. The maximum Gasteiger partial charge on any atom is 0.200 e. The van der Waals surface area contributed by atoms with Crippen molar-refractivity contribution >= 4 is 22.8 Å². The van der Waals surface area contributed by atoms with Crippen LogP contribution in [0.25, 0.3) is 11.2 Å². The van der Waals surface area contributed by atoms with E-state index in [1.165, 1.54) is 24.1 Å². The van der Waals surface area contributed by atoms with E-state index in [2.05, 4.69) is 20.1 Å². The van der Waals surface area contributed by atoms with Crippen molar-refractivity contribution in [2.24, 2.45) is 5.16 Å². The Morgan fingerprint density at radius 2 is 2.10 bits per heavy atom. The van der Waals surface area contributed by atoms with Crippen molar-refractivity contribution in [3.8, 4) is 0 Å². The molecule has 10 nitrogen and oxygen atoms in total. The smallest absolute Gasteiger partial charge is 0.200 e. The van der Waals surface area contributed by atoms with Gasteiger partial charge in [0.1, 0.15) is 30.5 Å². The van der Waals surface area contributed by atoms with E-state index in [0.717, 1.165) is 5.56 Å². The number of aliphatic hydroxyl groups is 3. The lowest BCUT2D eigenvalue weighted by molar-refractivity contribution is -0.136. The highest BCUT2D eigenvalue weighted by molar-refractivity contribution is 6.31. The van der Waals surface area contributed by atoms with Crippen LogP contribution in [0.5, 0.6) is 0 Å². The second kappa shape index (κ2) is 8.21. The zero-order valence-corrected chi connectivity index (χ0v) is 18.0. The standard InChI is InChI=1S/C20H24ClN5O5/c1-4-30-25-17-13-18(23-8-22-17)26(9-24-13)19-15(28)14(27)16(31-19)20(3,29)11-5-6-12(21)10(2)7-11/h5-9,14-16,19,27-29H,4H2,1-3H3,(H,22,23,25)/t14-,15+,16-,19+,20+/m0/s1. The Bertz CT molecular complexity index is 1160. The molecular weight excluding hydrogens is 426 g/mol. The molecule has 3 heterocycles. The van der Waals surface area contributed by atoms with E-state index >= 15 is 0 Å². The van der Waals surface area contributed by atoms with Crippen LogP contribution in [0.1, 0.15) is 31.2 Å². The Balaban J connectivity index is 1.70. The number of hydrogen-bond acceptors (Lipinski definition) is 8. The maximum atomic E-state index is 11.2. The zero-order valence-electron chi connectivity index (χ0n) is 17.2. The van der Waals surface area contributed by atoms with E-state index in [-0.39, 0.29) is 0 Å². The van der Waals surface area contributed by atoms with Gasteiger partial charge in [-0.3, -0.25) is 4.57 Å². The molecule has 0 amide bonds. The maximum absolute atomic E-state index is 11.2. The van der Waals surface area contributed by atoms with E-state index in [0.29, 0.717) is 33.8 Å². The topological polar surface area (TPSA) is 138 Å². The molecule has 31 heavy (non-hydrogen) atoms. The number of imidazole rings is 1. The first-order valence-corrected chi connectivity index (χ1v) is 10.2. The van der Waals surface area contributed by atoms with Gasteiger partial charge >= 0.3 is 0 Å². The van der Waals surface area contributed by atoms with Gasteiger partial charge in [-0.1, -0.05) is 28.9 Å². The minimum atomic E-state index is -1.60. The van der Waals surface area contributed by atoms with E-state index in [1.54, 1.807) is 25.1 Å². The summed E-state index contributed by atoms with van der Waals surface area (Å²) < 4.78 is 7.47. The summed E-state index contributed by atoms with van der Waals surface area (Å²) >= 11 is 6.09. The predicted octanol–water partition coefficient (Wildman–Crippen LogP) is 1.10. The first-order valence-electron chi connectivity index (χ1n) is 9.82. The number of hydrogen-bond donors (Lipinski definition) is 4. The number of aromatic amines is 1. The fourth-order valence-corrected chi connectivity index (χ4v) is 3.85. The molecule has 0 radical (unpaired) electrons. The number of ether oxygens (including phenoxy) is 1. The summed E-state index contributed by atoms with van der Waals surface area (Å²) in [7, 11) is 0. The summed E-state index contributed by atoms with van der Waals surface area (Å²) in [5, 5.41) is 37.2. The number of halogens is 1. The molecule has 3 aromatic rings. The average Bonchev–Trinajstić information content (AvgIpc) is 3.30. The number of fused-ring (bicyclic) bond motifs is 1. The summed E-state index contributed by atoms with van der Waals surface area (Å²) in [6.07, 6.45) is -1.99. The number of rotatable bonds is 5. The van der Waals surface area contributed by atoms with Crippen LogP contribution in [0.4, 0.5) is 0 Å². The summed E-state index contributed by atoms with van der Waals surface area (Å²) in [5.41, 5.74) is 0.819. The summed E-state index contributed by atoms with van der Waals surface area (Å²) in [5.74, 6) is 0. The number of benzene rings is 1. The Morgan fingerprint density at radius 1 is 1.32 bits per heavy atom. The van der Waals surface area contributed by atoms with Gasteiger partial charge in [0, 0.05) is 5.02 Å². The molecule has 11 heteroatoms. The number of aryl methyl sites for hydroxylation is 1. The van der Waals surface area contributed by atoms with Gasteiger partial charge in [0.2, 0.25) is 5.49 Å². The highest BCUT2D eigenvalue weighted by Crippen LogP contribution is 2.40. The van der Waals surface area contributed by atoms with E-state index in [1.807, 2.05) is 6.92 Å². The second-order valence-electron chi connectivity index (χ2n) is 7.62. The van der Waals surface area contributed by atoms with Gasteiger partial charge in [-0.25, -0.2) is 9.97 Å². The minimum Gasteiger partial charge on any atom is -0.394 e. The van der Waals surface area contributed by atoms with Crippen LogP contribution in [0.15, 0.2) is 36.0 Å². The number of nitrogens with zero attached hydrogens (tertiary/aromatic N) is 4. The van der Waals surface area contributed by atoms with Crippen LogP contribution in [0, 0.1) is 6.92 Å². The molecule has 0 unspecified atom stereocenters. The lowest BCUT2D eigenvalue weighted by Gasteiger charge is -2.32. The summed E-state index contributed by atoms with van der Waals surface area (Å²) in [6, 6.07) is 5.06.